The molecule has 0 saturated carbocycles. The number of nitrogens with zero attached hydrogens (tertiary/aromatic N) is 3. The Hall–Kier alpha value is -3.02. The van der Waals surface area contributed by atoms with Gasteiger partial charge >= 0.3 is 0 Å². The summed E-state index contributed by atoms with van der Waals surface area (Å²) in [5, 5.41) is 0. The third-order valence-corrected chi connectivity index (χ3v) is 6.35. The van der Waals surface area contributed by atoms with Crippen LogP contribution in [0.15, 0.2) is 54.6 Å². The van der Waals surface area contributed by atoms with Crippen molar-refractivity contribution in [2.24, 2.45) is 5.92 Å². The zero-order valence-electron chi connectivity index (χ0n) is 17.7. The van der Waals surface area contributed by atoms with Gasteiger partial charge in [-0.25, -0.2) is 0 Å². The lowest BCUT2D eigenvalue weighted by molar-refractivity contribution is -0.146. The van der Waals surface area contributed by atoms with Gasteiger partial charge in [0, 0.05) is 45.3 Å². The first-order valence-corrected chi connectivity index (χ1v) is 10.6. The second-order valence-electron chi connectivity index (χ2n) is 8.02. The predicted octanol–water partition coefficient (Wildman–Crippen LogP) is 2.95. The molecular formula is C24H29N3O3. The molecule has 0 bridgehead atoms. The second kappa shape index (κ2) is 8.78. The Labute approximate surface area is 178 Å². The van der Waals surface area contributed by atoms with Crippen molar-refractivity contribution in [2.75, 3.05) is 45.2 Å². The van der Waals surface area contributed by atoms with Crippen LogP contribution in [0.25, 0.3) is 0 Å². The van der Waals surface area contributed by atoms with E-state index >= 15 is 0 Å². The first-order valence-electron chi connectivity index (χ1n) is 10.6. The Bertz CT molecular complexity index is 876. The summed E-state index contributed by atoms with van der Waals surface area (Å²) in [7, 11) is 3.44. The molecule has 2 atom stereocenters. The van der Waals surface area contributed by atoms with E-state index in [1.807, 2.05) is 54.4 Å². The van der Waals surface area contributed by atoms with E-state index in [1.54, 1.807) is 12.0 Å². The number of para-hydroxylation sites is 1. The van der Waals surface area contributed by atoms with Gasteiger partial charge in [-0.1, -0.05) is 30.3 Å². The minimum atomic E-state index is -0.239. The van der Waals surface area contributed by atoms with Crippen LogP contribution in [0.2, 0.25) is 0 Å². The smallest absolute Gasteiger partial charge is 0.228 e. The standard InChI is InChI=1S/C24H29N3O3/c1-25-22(28)13-12-21(23(25)18-8-10-20(30-2)11-9-18)24(29)27-16-14-26(15-17-27)19-6-4-3-5-7-19/h3-11,21,23H,12-17H2,1-2H3/t21-,23+/m0/s1. The van der Waals surface area contributed by atoms with Crippen molar-refractivity contribution in [3.63, 3.8) is 0 Å². The van der Waals surface area contributed by atoms with E-state index in [9.17, 15) is 9.59 Å². The normalized spacial score (nSPS) is 22.2. The van der Waals surface area contributed by atoms with Gasteiger partial charge in [0.1, 0.15) is 5.75 Å². The van der Waals surface area contributed by atoms with E-state index in [0.717, 1.165) is 24.4 Å². The number of benzene rings is 2. The molecule has 0 radical (unpaired) electrons. The van der Waals surface area contributed by atoms with Crippen LogP contribution in [0.5, 0.6) is 5.75 Å². The maximum Gasteiger partial charge on any atom is 0.228 e. The lowest BCUT2D eigenvalue weighted by Crippen LogP contribution is -2.53. The Morgan fingerprint density at radius 2 is 1.63 bits per heavy atom. The van der Waals surface area contributed by atoms with E-state index in [1.165, 1.54) is 5.69 Å². The highest BCUT2D eigenvalue weighted by atomic mass is 16.5. The van der Waals surface area contributed by atoms with E-state index in [2.05, 4.69) is 17.0 Å². The third-order valence-electron chi connectivity index (χ3n) is 6.35. The number of piperazine rings is 1. The van der Waals surface area contributed by atoms with E-state index in [4.69, 9.17) is 4.74 Å². The fraction of sp³-hybridized carbons (Fsp3) is 0.417. The summed E-state index contributed by atoms with van der Waals surface area (Å²) in [5.74, 6) is 0.796. The number of ether oxygens (including phenoxy) is 1. The summed E-state index contributed by atoms with van der Waals surface area (Å²) >= 11 is 0. The molecule has 6 nitrogen and oxygen atoms in total. The van der Waals surface area contributed by atoms with Crippen LogP contribution in [-0.4, -0.2) is 62.0 Å². The van der Waals surface area contributed by atoms with Crippen molar-refractivity contribution in [2.45, 2.75) is 18.9 Å². The molecule has 0 N–H and O–H groups in total. The number of anilines is 1. The van der Waals surface area contributed by atoms with Gasteiger partial charge < -0.3 is 19.4 Å². The summed E-state index contributed by atoms with van der Waals surface area (Å²) in [6, 6.07) is 17.8. The summed E-state index contributed by atoms with van der Waals surface area (Å²) in [6.45, 7) is 3.06. The van der Waals surface area contributed by atoms with Gasteiger partial charge in [0.2, 0.25) is 11.8 Å². The molecule has 4 rings (SSSR count). The van der Waals surface area contributed by atoms with Crippen molar-refractivity contribution >= 4 is 17.5 Å². The number of methoxy groups -OCH3 is 1. The quantitative estimate of drug-likeness (QED) is 0.782. The summed E-state index contributed by atoms with van der Waals surface area (Å²) in [5.41, 5.74) is 2.18. The van der Waals surface area contributed by atoms with Gasteiger partial charge in [-0.3, -0.25) is 9.59 Å². The minimum Gasteiger partial charge on any atom is -0.497 e. The van der Waals surface area contributed by atoms with Crippen LogP contribution in [-0.2, 0) is 9.59 Å². The summed E-state index contributed by atoms with van der Waals surface area (Å²) < 4.78 is 5.26. The molecule has 2 heterocycles. The van der Waals surface area contributed by atoms with Crippen molar-refractivity contribution in [1.82, 2.24) is 9.80 Å². The van der Waals surface area contributed by atoms with Gasteiger partial charge in [0.05, 0.1) is 19.1 Å². The zero-order valence-corrected chi connectivity index (χ0v) is 17.7. The molecule has 30 heavy (non-hydrogen) atoms. The number of likely N-dealkylation sites (tertiary alicyclic amines) is 1. The number of carbonyl (C=O) groups is 2. The van der Waals surface area contributed by atoms with Crippen LogP contribution in [0.3, 0.4) is 0 Å². The van der Waals surface area contributed by atoms with E-state index < -0.39 is 0 Å². The van der Waals surface area contributed by atoms with Gasteiger partial charge in [-0.15, -0.1) is 0 Å². The molecule has 2 saturated heterocycles. The van der Waals surface area contributed by atoms with Crippen molar-refractivity contribution in [3.05, 3.63) is 60.2 Å². The molecule has 0 unspecified atom stereocenters. The molecule has 2 fully saturated rings. The van der Waals surface area contributed by atoms with Crippen molar-refractivity contribution < 1.29 is 14.3 Å². The lowest BCUT2D eigenvalue weighted by atomic mass is 9.83. The number of amides is 2. The lowest BCUT2D eigenvalue weighted by Gasteiger charge is -2.43. The number of rotatable bonds is 4. The van der Waals surface area contributed by atoms with E-state index in [0.29, 0.717) is 25.9 Å². The third kappa shape index (κ3) is 3.99. The number of hydrogen-bond acceptors (Lipinski definition) is 4. The van der Waals surface area contributed by atoms with Crippen LogP contribution >= 0.6 is 0 Å². The topological polar surface area (TPSA) is 53.1 Å². The summed E-state index contributed by atoms with van der Waals surface area (Å²) in [4.78, 5) is 32.0. The highest BCUT2D eigenvalue weighted by Crippen LogP contribution is 2.37. The highest BCUT2D eigenvalue weighted by molar-refractivity contribution is 5.85. The van der Waals surface area contributed by atoms with Crippen LogP contribution in [0, 0.1) is 5.92 Å². The first kappa shape index (κ1) is 20.3. The Balaban J connectivity index is 1.49. The zero-order chi connectivity index (χ0) is 21.1. The molecule has 6 heteroatoms. The van der Waals surface area contributed by atoms with Crippen LogP contribution < -0.4 is 9.64 Å². The number of piperidine rings is 1. The Morgan fingerprint density at radius 1 is 0.967 bits per heavy atom. The van der Waals surface area contributed by atoms with Crippen LogP contribution in [0.1, 0.15) is 24.4 Å². The van der Waals surface area contributed by atoms with Crippen molar-refractivity contribution in [1.29, 1.82) is 0 Å². The Kier molecular flexibility index (Phi) is 5.93. The molecule has 2 aromatic carbocycles. The van der Waals surface area contributed by atoms with E-state index in [-0.39, 0.29) is 23.8 Å². The molecule has 2 aliphatic heterocycles. The van der Waals surface area contributed by atoms with Crippen LogP contribution in [0.4, 0.5) is 5.69 Å². The van der Waals surface area contributed by atoms with Gasteiger partial charge in [0.15, 0.2) is 0 Å². The molecule has 2 aromatic rings. The van der Waals surface area contributed by atoms with Gasteiger partial charge in [-0.05, 0) is 36.2 Å². The SMILES string of the molecule is COc1ccc([C@@H]2[C@@H](C(=O)N3CCN(c4ccccc4)CC3)CCC(=O)N2C)cc1. The largest absolute Gasteiger partial charge is 0.497 e. The Morgan fingerprint density at radius 3 is 2.27 bits per heavy atom. The maximum atomic E-state index is 13.5. The second-order valence-corrected chi connectivity index (χ2v) is 8.02. The first-order chi connectivity index (χ1) is 14.6. The molecule has 0 aliphatic carbocycles. The van der Waals surface area contributed by atoms with Crippen molar-refractivity contribution in [3.8, 4) is 5.75 Å². The highest BCUT2D eigenvalue weighted by Gasteiger charge is 2.41. The van der Waals surface area contributed by atoms with Gasteiger partial charge in [-0.2, -0.15) is 0 Å². The average molecular weight is 408 g/mol. The monoisotopic (exact) mass is 407 g/mol. The van der Waals surface area contributed by atoms with Gasteiger partial charge in [0.25, 0.3) is 0 Å². The fourth-order valence-corrected chi connectivity index (χ4v) is 4.61. The minimum absolute atomic E-state index is 0.0914. The maximum absolute atomic E-state index is 13.5. The molecule has 0 aromatic heterocycles. The average Bonchev–Trinajstić information content (AvgIpc) is 2.81. The summed E-state index contributed by atoms with van der Waals surface area (Å²) in [6.07, 6.45) is 1.02. The number of carbonyl (C=O) groups excluding carboxylic acids is 2. The molecular weight excluding hydrogens is 378 g/mol. The molecule has 0 spiro atoms. The molecule has 2 aliphatic rings. The predicted molar refractivity (Wildman–Crippen MR) is 116 cm³/mol. The number of hydrogen-bond donors (Lipinski definition) is 0. The molecule has 158 valence electrons. The fourth-order valence-electron chi connectivity index (χ4n) is 4.61. The molecule has 2 amide bonds.